The average molecular weight is 187 g/mol. The second-order valence-electron chi connectivity index (χ2n) is 2.97. The van der Waals surface area contributed by atoms with E-state index in [0.29, 0.717) is 5.92 Å². The Morgan fingerprint density at radius 2 is 2.17 bits per heavy atom. The van der Waals surface area contributed by atoms with Gasteiger partial charge in [-0.05, 0) is 12.8 Å². The van der Waals surface area contributed by atoms with Crippen LogP contribution in [0.1, 0.15) is 12.8 Å². The summed E-state index contributed by atoms with van der Waals surface area (Å²) < 4.78 is 0. The van der Waals surface area contributed by atoms with E-state index in [-0.39, 0.29) is 24.2 Å². The van der Waals surface area contributed by atoms with Crippen LogP contribution in [0.5, 0.6) is 0 Å². The highest BCUT2D eigenvalue weighted by molar-refractivity contribution is 5.86. The fourth-order valence-corrected chi connectivity index (χ4v) is 1.58. The van der Waals surface area contributed by atoms with Gasteiger partial charge in [-0.25, -0.2) is 5.43 Å². The molecule has 1 amide bonds. The fourth-order valence-electron chi connectivity index (χ4n) is 1.58. The molecule has 1 aliphatic carbocycles. The first-order valence-electron chi connectivity index (χ1n) is 3.86. The molecule has 2 aliphatic rings. The van der Waals surface area contributed by atoms with Gasteiger partial charge in [0.2, 0.25) is 5.91 Å². The summed E-state index contributed by atoms with van der Waals surface area (Å²) in [5, 5.41) is 3.78. The van der Waals surface area contributed by atoms with Gasteiger partial charge < -0.3 is 0 Å². The second kappa shape index (κ2) is 3.72. The molecular formula is C8H11ClN2O. The summed E-state index contributed by atoms with van der Waals surface area (Å²) >= 11 is 0. The Balaban J connectivity index is 0.000000720. The van der Waals surface area contributed by atoms with Crippen LogP contribution in [-0.4, -0.2) is 12.1 Å². The lowest BCUT2D eigenvalue weighted by atomic mass is 9.83. The largest absolute Gasteiger partial charge is 0.273 e. The van der Waals surface area contributed by atoms with E-state index in [1.54, 1.807) is 0 Å². The third kappa shape index (κ3) is 1.50. The van der Waals surface area contributed by atoms with Crippen LogP contribution in [0.4, 0.5) is 0 Å². The van der Waals surface area contributed by atoms with E-state index >= 15 is 0 Å². The molecule has 0 saturated heterocycles. The number of amides is 1. The Morgan fingerprint density at radius 1 is 1.42 bits per heavy atom. The molecule has 2 unspecified atom stereocenters. The summed E-state index contributed by atoms with van der Waals surface area (Å²) in [4.78, 5) is 11.2. The Bertz CT molecular complexity index is 237. The molecule has 3 nitrogen and oxygen atoms in total. The molecule has 4 heteroatoms. The second-order valence-corrected chi connectivity index (χ2v) is 2.97. The van der Waals surface area contributed by atoms with Gasteiger partial charge in [0, 0.05) is 12.1 Å². The Hall–Kier alpha value is -0.830. The van der Waals surface area contributed by atoms with Gasteiger partial charge in [-0.15, -0.1) is 12.4 Å². The molecular weight excluding hydrogens is 176 g/mol. The number of rotatable bonds is 0. The van der Waals surface area contributed by atoms with Crippen molar-refractivity contribution in [3.8, 4) is 0 Å². The predicted octanol–water partition coefficient (Wildman–Crippen LogP) is 1.11. The molecule has 2 rings (SSSR count). The number of nitrogens with zero attached hydrogens (tertiary/aromatic N) is 1. The van der Waals surface area contributed by atoms with Gasteiger partial charge in [0.1, 0.15) is 0 Å². The predicted molar refractivity (Wildman–Crippen MR) is 49.2 cm³/mol. The van der Waals surface area contributed by atoms with Crippen LogP contribution in [0.2, 0.25) is 0 Å². The Kier molecular flexibility index (Phi) is 2.87. The lowest BCUT2D eigenvalue weighted by Gasteiger charge is -2.26. The minimum atomic E-state index is 0. The number of carbonyl (C=O) groups is 1. The molecule has 0 radical (unpaired) electrons. The summed E-state index contributed by atoms with van der Waals surface area (Å²) in [5.74, 6) is 0.549. The smallest absolute Gasteiger partial charge is 0.244 e. The highest BCUT2D eigenvalue weighted by Crippen LogP contribution is 2.25. The number of nitrogens with one attached hydrogen (secondary N) is 1. The van der Waals surface area contributed by atoms with Crippen LogP contribution >= 0.6 is 12.4 Å². The topological polar surface area (TPSA) is 41.5 Å². The van der Waals surface area contributed by atoms with E-state index in [4.69, 9.17) is 0 Å². The van der Waals surface area contributed by atoms with Crippen molar-refractivity contribution in [2.24, 2.45) is 16.9 Å². The van der Waals surface area contributed by atoms with E-state index in [1.807, 2.05) is 6.21 Å². The van der Waals surface area contributed by atoms with Gasteiger partial charge in [0.25, 0.3) is 0 Å². The zero-order valence-corrected chi connectivity index (χ0v) is 7.38. The van der Waals surface area contributed by atoms with Gasteiger partial charge >= 0.3 is 0 Å². The minimum Gasteiger partial charge on any atom is -0.273 e. The summed E-state index contributed by atoms with van der Waals surface area (Å²) in [6.07, 6.45) is 7.85. The molecule has 0 bridgehead atoms. The number of fused-ring (bicyclic) bond motifs is 1. The molecule has 0 aromatic rings. The zero-order valence-electron chi connectivity index (χ0n) is 6.56. The van der Waals surface area contributed by atoms with Gasteiger partial charge in [-0.3, -0.25) is 4.79 Å². The van der Waals surface area contributed by atoms with Gasteiger partial charge in [-0.1, -0.05) is 12.2 Å². The maximum atomic E-state index is 11.2. The van der Waals surface area contributed by atoms with E-state index in [0.717, 1.165) is 12.8 Å². The third-order valence-corrected chi connectivity index (χ3v) is 2.26. The summed E-state index contributed by atoms with van der Waals surface area (Å²) in [5.41, 5.74) is 2.48. The van der Waals surface area contributed by atoms with Crippen LogP contribution in [0.3, 0.4) is 0 Å². The number of hydrazone groups is 1. The molecule has 0 fully saturated rings. The van der Waals surface area contributed by atoms with E-state index in [1.165, 1.54) is 0 Å². The monoisotopic (exact) mass is 186 g/mol. The number of hydrogen-bond acceptors (Lipinski definition) is 2. The van der Waals surface area contributed by atoms with Crippen LogP contribution in [0.25, 0.3) is 0 Å². The van der Waals surface area contributed by atoms with Crippen molar-refractivity contribution in [3.05, 3.63) is 12.2 Å². The van der Waals surface area contributed by atoms with Crippen molar-refractivity contribution in [1.29, 1.82) is 0 Å². The number of allylic oxidation sites excluding steroid dienone is 2. The van der Waals surface area contributed by atoms with Crippen LogP contribution < -0.4 is 5.43 Å². The van der Waals surface area contributed by atoms with Gasteiger partial charge in [-0.2, -0.15) is 5.10 Å². The lowest BCUT2D eigenvalue weighted by Crippen LogP contribution is -2.38. The number of carbonyl (C=O) groups excluding carboxylic acids is 1. The molecule has 0 aromatic carbocycles. The standard InChI is InChI=1S/C8H10N2O.ClH/c11-8-7-4-2-1-3-6(7)5-9-10-8;/h1-2,5-7H,3-4H2,(H,10,11);1H. The van der Waals surface area contributed by atoms with Crippen molar-refractivity contribution in [2.75, 3.05) is 0 Å². The van der Waals surface area contributed by atoms with Crippen molar-refractivity contribution >= 4 is 24.5 Å². The van der Waals surface area contributed by atoms with E-state index in [2.05, 4.69) is 22.7 Å². The van der Waals surface area contributed by atoms with Gasteiger partial charge in [0.15, 0.2) is 0 Å². The molecule has 12 heavy (non-hydrogen) atoms. The summed E-state index contributed by atoms with van der Waals surface area (Å²) in [7, 11) is 0. The lowest BCUT2D eigenvalue weighted by molar-refractivity contribution is -0.126. The highest BCUT2D eigenvalue weighted by atomic mass is 35.5. The Labute approximate surface area is 77.3 Å². The van der Waals surface area contributed by atoms with Crippen molar-refractivity contribution < 1.29 is 4.79 Å². The zero-order chi connectivity index (χ0) is 7.68. The first-order valence-corrected chi connectivity index (χ1v) is 3.86. The molecule has 1 heterocycles. The van der Waals surface area contributed by atoms with Crippen molar-refractivity contribution in [1.82, 2.24) is 5.43 Å². The molecule has 2 atom stereocenters. The maximum Gasteiger partial charge on any atom is 0.244 e. The quantitative estimate of drug-likeness (QED) is 0.566. The third-order valence-electron chi connectivity index (χ3n) is 2.26. The summed E-state index contributed by atoms with van der Waals surface area (Å²) in [6, 6.07) is 0. The summed E-state index contributed by atoms with van der Waals surface area (Å²) in [6.45, 7) is 0. The first-order chi connectivity index (χ1) is 5.38. The molecule has 1 aliphatic heterocycles. The molecule has 66 valence electrons. The first kappa shape index (κ1) is 9.26. The molecule has 0 spiro atoms. The van der Waals surface area contributed by atoms with Crippen LogP contribution in [0.15, 0.2) is 17.3 Å². The molecule has 0 aromatic heterocycles. The van der Waals surface area contributed by atoms with Crippen LogP contribution in [-0.2, 0) is 4.79 Å². The Morgan fingerprint density at radius 3 is 2.92 bits per heavy atom. The van der Waals surface area contributed by atoms with E-state index < -0.39 is 0 Å². The normalized spacial score (nSPS) is 31.8. The minimum absolute atomic E-state index is 0. The number of halogens is 1. The molecule has 1 N–H and O–H groups in total. The van der Waals surface area contributed by atoms with Gasteiger partial charge in [0.05, 0.1) is 5.92 Å². The highest BCUT2D eigenvalue weighted by Gasteiger charge is 2.29. The van der Waals surface area contributed by atoms with Crippen molar-refractivity contribution in [3.63, 3.8) is 0 Å². The van der Waals surface area contributed by atoms with Crippen molar-refractivity contribution in [2.45, 2.75) is 12.8 Å². The van der Waals surface area contributed by atoms with E-state index in [9.17, 15) is 4.79 Å². The molecule has 0 saturated carbocycles. The fraction of sp³-hybridized carbons (Fsp3) is 0.500. The van der Waals surface area contributed by atoms with Crippen LogP contribution in [0, 0.1) is 11.8 Å². The maximum absolute atomic E-state index is 11.2. The SMILES string of the molecule is Cl.O=C1NN=CC2CC=CCC12. The number of hydrogen-bond donors (Lipinski definition) is 1. The average Bonchev–Trinajstić information content (AvgIpc) is 2.06.